The van der Waals surface area contributed by atoms with Crippen LogP contribution in [0.2, 0.25) is 0 Å². The lowest BCUT2D eigenvalue weighted by atomic mass is 10.1. The summed E-state index contributed by atoms with van der Waals surface area (Å²) in [4.78, 5) is 7.22. The summed E-state index contributed by atoms with van der Waals surface area (Å²) in [5.41, 5.74) is 0.706. The Morgan fingerprint density at radius 2 is 1.83 bits per heavy atom. The molecule has 29 heavy (non-hydrogen) atoms. The monoisotopic (exact) mass is 533 g/mol. The van der Waals surface area contributed by atoms with Gasteiger partial charge in [-0.2, -0.15) is 0 Å². The van der Waals surface area contributed by atoms with Crippen LogP contribution in [-0.2, 0) is 6.42 Å². The van der Waals surface area contributed by atoms with Crippen molar-refractivity contribution in [3.05, 3.63) is 45.6 Å². The Morgan fingerprint density at radius 3 is 2.34 bits per heavy atom. The SMILES string of the molecule is CCNC(=NCC(O)c1cc(OC)cc(OC)c1)NC(C)Cc1ccc(C)s1.I. The van der Waals surface area contributed by atoms with Crippen LogP contribution < -0.4 is 20.1 Å². The Morgan fingerprint density at radius 1 is 1.17 bits per heavy atom. The van der Waals surface area contributed by atoms with Crippen LogP contribution >= 0.6 is 35.3 Å². The molecule has 8 heteroatoms. The third-order valence-electron chi connectivity index (χ3n) is 4.21. The number of nitrogens with zero attached hydrogens (tertiary/aromatic N) is 1. The standard InChI is InChI=1S/C21H31N3O3S.HI/c1-6-22-21(24-14(2)9-19-8-7-15(3)28-19)23-13-20(25)16-10-17(26-4)12-18(11-16)27-5;/h7-8,10-12,14,20,25H,6,9,13H2,1-5H3,(H2,22,23,24);1H. The van der Waals surface area contributed by atoms with E-state index in [0.717, 1.165) is 13.0 Å². The van der Waals surface area contributed by atoms with E-state index in [4.69, 9.17) is 9.47 Å². The van der Waals surface area contributed by atoms with E-state index in [2.05, 4.69) is 41.6 Å². The molecule has 0 aliphatic heterocycles. The molecule has 0 radical (unpaired) electrons. The molecule has 2 unspecified atom stereocenters. The molecule has 1 aromatic heterocycles. The highest BCUT2D eigenvalue weighted by atomic mass is 127. The Hall–Kier alpha value is -1.52. The number of thiophene rings is 1. The first kappa shape index (κ1) is 25.5. The Bertz CT molecular complexity index is 760. The molecule has 1 aromatic carbocycles. The Labute approximate surface area is 194 Å². The lowest BCUT2D eigenvalue weighted by molar-refractivity contribution is 0.186. The van der Waals surface area contributed by atoms with Crippen molar-refractivity contribution in [2.75, 3.05) is 27.3 Å². The number of aryl methyl sites for hydroxylation is 1. The minimum atomic E-state index is -0.755. The second-order valence-corrected chi connectivity index (χ2v) is 8.02. The minimum Gasteiger partial charge on any atom is -0.497 e. The highest BCUT2D eigenvalue weighted by molar-refractivity contribution is 14.0. The van der Waals surface area contributed by atoms with Crippen LogP contribution in [0.15, 0.2) is 35.3 Å². The van der Waals surface area contributed by atoms with Gasteiger partial charge in [0.15, 0.2) is 5.96 Å². The van der Waals surface area contributed by atoms with Gasteiger partial charge in [0.05, 0.1) is 26.9 Å². The number of hydrogen-bond acceptors (Lipinski definition) is 5. The molecule has 6 nitrogen and oxygen atoms in total. The van der Waals surface area contributed by atoms with Gasteiger partial charge in [-0.3, -0.25) is 4.99 Å². The molecule has 0 saturated heterocycles. The van der Waals surface area contributed by atoms with Crippen LogP contribution in [0, 0.1) is 6.92 Å². The first-order valence-electron chi connectivity index (χ1n) is 9.46. The lowest BCUT2D eigenvalue weighted by Gasteiger charge is -2.18. The zero-order chi connectivity index (χ0) is 20.5. The fourth-order valence-corrected chi connectivity index (χ4v) is 3.83. The van der Waals surface area contributed by atoms with E-state index in [0.29, 0.717) is 23.0 Å². The number of aliphatic hydroxyl groups is 1. The molecule has 0 fully saturated rings. The van der Waals surface area contributed by atoms with Crippen LogP contribution in [0.1, 0.15) is 35.3 Å². The molecule has 1 heterocycles. The van der Waals surface area contributed by atoms with Gasteiger partial charge in [-0.05, 0) is 50.6 Å². The number of aliphatic imine (C=N–C) groups is 1. The van der Waals surface area contributed by atoms with Gasteiger partial charge in [-0.25, -0.2) is 0 Å². The summed E-state index contributed by atoms with van der Waals surface area (Å²) in [5, 5.41) is 17.2. The summed E-state index contributed by atoms with van der Waals surface area (Å²) >= 11 is 1.81. The summed E-state index contributed by atoms with van der Waals surface area (Å²) in [5.74, 6) is 1.97. The van der Waals surface area contributed by atoms with Gasteiger partial charge < -0.3 is 25.2 Å². The van der Waals surface area contributed by atoms with Crippen molar-refractivity contribution < 1.29 is 14.6 Å². The van der Waals surface area contributed by atoms with Crippen molar-refractivity contribution in [2.24, 2.45) is 4.99 Å². The number of halogens is 1. The third-order valence-corrected chi connectivity index (χ3v) is 5.23. The van der Waals surface area contributed by atoms with Gasteiger partial charge in [0.2, 0.25) is 0 Å². The molecule has 0 amide bonds. The smallest absolute Gasteiger partial charge is 0.191 e. The van der Waals surface area contributed by atoms with E-state index in [-0.39, 0.29) is 36.6 Å². The van der Waals surface area contributed by atoms with Crippen LogP contribution in [0.5, 0.6) is 11.5 Å². The fourth-order valence-electron chi connectivity index (χ4n) is 2.81. The zero-order valence-electron chi connectivity index (χ0n) is 17.7. The van der Waals surface area contributed by atoms with Gasteiger partial charge in [-0.15, -0.1) is 35.3 Å². The summed E-state index contributed by atoms with van der Waals surface area (Å²) < 4.78 is 10.5. The summed E-state index contributed by atoms with van der Waals surface area (Å²) in [6.45, 7) is 7.25. The molecule has 0 saturated carbocycles. The molecular weight excluding hydrogens is 501 g/mol. The van der Waals surface area contributed by atoms with E-state index in [9.17, 15) is 5.11 Å². The van der Waals surface area contributed by atoms with Crippen LogP contribution in [0.3, 0.4) is 0 Å². The van der Waals surface area contributed by atoms with Crippen LogP contribution in [-0.4, -0.2) is 44.4 Å². The van der Waals surface area contributed by atoms with Gasteiger partial charge >= 0.3 is 0 Å². The largest absolute Gasteiger partial charge is 0.497 e. The molecule has 0 aliphatic rings. The number of aliphatic hydroxyl groups excluding tert-OH is 1. The van der Waals surface area contributed by atoms with E-state index >= 15 is 0 Å². The number of benzene rings is 1. The minimum absolute atomic E-state index is 0. The van der Waals surface area contributed by atoms with E-state index in [1.165, 1.54) is 9.75 Å². The molecule has 0 bridgehead atoms. The van der Waals surface area contributed by atoms with Crippen LogP contribution in [0.25, 0.3) is 0 Å². The number of nitrogens with one attached hydrogen (secondary N) is 2. The van der Waals surface area contributed by atoms with Crippen molar-refractivity contribution in [2.45, 2.75) is 39.3 Å². The molecule has 2 atom stereocenters. The average Bonchev–Trinajstić information content (AvgIpc) is 3.09. The molecular formula is C21H32IN3O3S. The summed E-state index contributed by atoms with van der Waals surface area (Å²) in [6, 6.07) is 9.91. The fraction of sp³-hybridized carbons (Fsp3) is 0.476. The highest BCUT2D eigenvalue weighted by Crippen LogP contribution is 2.26. The molecule has 2 aromatic rings. The van der Waals surface area contributed by atoms with Gasteiger partial charge in [0.1, 0.15) is 11.5 Å². The molecule has 0 aliphatic carbocycles. The van der Waals surface area contributed by atoms with Gasteiger partial charge in [0, 0.05) is 34.8 Å². The predicted molar refractivity (Wildman–Crippen MR) is 131 cm³/mol. The second kappa shape index (κ2) is 12.9. The Balaban J connectivity index is 0.00000420. The van der Waals surface area contributed by atoms with E-state index in [1.54, 1.807) is 32.4 Å². The average molecular weight is 533 g/mol. The first-order valence-corrected chi connectivity index (χ1v) is 10.3. The van der Waals surface area contributed by atoms with Crippen molar-refractivity contribution >= 4 is 41.3 Å². The number of hydrogen-bond donors (Lipinski definition) is 3. The molecule has 0 spiro atoms. The van der Waals surface area contributed by atoms with Crippen LogP contribution in [0.4, 0.5) is 0 Å². The molecule has 162 valence electrons. The predicted octanol–water partition coefficient (Wildman–Crippen LogP) is 3.91. The maximum Gasteiger partial charge on any atom is 0.191 e. The van der Waals surface area contributed by atoms with E-state index in [1.807, 2.05) is 18.3 Å². The number of methoxy groups -OCH3 is 2. The first-order chi connectivity index (χ1) is 13.4. The van der Waals surface area contributed by atoms with Gasteiger partial charge in [-0.1, -0.05) is 0 Å². The highest BCUT2D eigenvalue weighted by Gasteiger charge is 2.12. The molecule has 3 N–H and O–H groups in total. The topological polar surface area (TPSA) is 75.1 Å². The third kappa shape index (κ3) is 8.39. The van der Waals surface area contributed by atoms with Crippen molar-refractivity contribution in [3.8, 4) is 11.5 Å². The summed E-state index contributed by atoms with van der Waals surface area (Å²) in [6.07, 6.45) is 0.174. The zero-order valence-corrected chi connectivity index (χ0v) is 20.8. The van der Waals surface area contributed by atoms with Crippen molar-refractivity contribution in [3.63, 3.8) is 0 Å². The van der Waals surface area contributed by atoms with E-state index < -0.39 is 6.10 Å². The second-order valence-electron chi connectivity index (χ2n) is 6.64. The maximum atomic E-state index is 10.6. The molecule has 2 rings (SSSR count). The number of guanidine groups is 1. The Kier molecular flexibility index (Phi) is 11.4. The lowest BCUT2D eigenvalue weighted by Crippen LogP contribution is -2.43. The van der Waals surface area contributed by atoms with Gasteiger partial charge in [0.25, 0.3) is 0 Å². The van der Waals surface area contributed by atoms with Crippen molar-refractivity contribution in [1.82, 2.24) is 10.6 Å². The number of rotatable bonds is 9. The normalized spacial score (nSPS) is 13.2. The maximum absolute atomic E-state index is 10.6. The summed E-state index contributed by atoms with van der Waals surface area (Å²) in [7, 11) is 3.18. The quantitative estimate of drug-likeness (QED) is 0.259. The number of ether oxygens (including phenoxy) is 2. The van der Waals surface area contributed by atoms with Crippen molar-refractivity contribution in [1.29, 1.82) is 0 Å².